The number of ketones is 1. The van der Waals surface area contributed by atoms with Crippen LogP contribution in [-0.2, 0) is 0 Å². The maximum Gasteiger partial charge on any atom is 0.176 e. The van der Waals surface area contributed by atoms with Crippen molar-refractivity contribution >= 4 is 28.7 Å². The second-order valence-electron chi connectivity index (χ2n) is 4.45. The van der Waals surface area contributed by atoms with Crippen LogP contribution in [0.5, 0.6) is 0 Å². The summed E-state index contributed by atoms with van der Waals surface area (Å²) in [5.74, 6) is 1.08. The molecule has 1 saturated carbocycles. The number of halogens is 1. The van der Waals surface area contributed by atoms with Crippen LogP contribution in [0.4, 0.5) is 0 Å². The third kappa shape index (κ3) is 2.11. The molecule has 0 bridgehead atoms. The van der Waals surface area contributed by atoms with Crippen LogP contribution in [0.2, 0.25) is 4.34 Å². The number of rotatable bonds is 2. The highest BCUT2D eigenvalue weighted by atomic mass is 35.5. The molecule has 0 aliphatic heterocycles. The van der Waals surface area contributed by atoms with E-state index in [1.807, 2.05) is 13.0 Å². The molecule has 3 heteroatoms. The van der Waals surface area contributed by atoms with Gasteiger partial charge in [0, 0.05) is 5.92 Å². The lowest BCUT2D eigenvalue weighted by molar-refractivity contribution is 0.0901. The van der Waals surface area contributed by atoms with Gasteiger partial charge in [-0.3, -0.25) is 4.79 Å². The van der Waals surface area contributed by atoms with Crippen molar-refractivity contribution in [2.45, 2.75) is 33.1 Å². The number of hydrogen-bond acceptors (Lipinski definition) is 2. The highest BCUT2D eigenvalue weighted by molar-refractivity contribution is 7.18. The first-order valence-electron chi connectivity index (χ1n) is 5.39. The first-order chi connectivity index (χ1) is 7.09. The summed E-state index contributed by atoms with van der Waals surface area (Å²) in [7, 11) is 0. The highest BCUT2D eigenvalue weighted by Crippen LogP contribution is 2.36. The predicted octanol–water partition coefficient (Wildman–Crippen LogP) is 4.33. The van der Waals surface area contributed by atoms with Gasteiger partial charge in [-0.2, -0.15) is 0 Å². The molecule has 2 rings (SSSR count). The maximum absolute atomic E-state index is 12.2. The van der Waals surface area contributed by atoms with Gasteiger partial charge in [0.15, 0.2) is 5.78 Å². The number of carbonyl (C=O) groups is 1. The van der Waals surface area contributed by atoms with Gasteiger partial charge >= 0.3 is 0 Å². The van der Waals surface area contributed by atoms with Crippen LogP contribution in [0, 0.1) is 18.8 Å². The SMILES string of the molecule is Cc1cc(C(=O)C2CCCC2C)sc1Cl. The van der Waals surface area contributed by atoms with Crippen molar-refractivity contribution in [3.63, 3.8) is 0 Å². The Labute approximate surface area is 99.5 Å². The highest BCUT2D eigenvalue weighted by Gasteiger charge is 2.31. The summed E-state index contributed by atoms with van der Waals surface area (Å²) in [6, 6.07) is 1.93. The van der Waals surface area contributed by atoms with Gasteiger partial charge < -0.3 is 0 Å². The van der Waals surface area contributed by atoms with Crippen molar-refractivity contribution in [2.75, 3.05) is 0 Å². The van der Waals surface area contributed by atoms with Gasteiger partial charge in [-0.15, -0.1) is 11.3 Å². The summed E-state index contributed by atoms with van der Waals surface area (Å²) in [6.45, 7) is 4.13. The van der Waals surface area contributed by atoms with E-state index in [1.54, 1.807) is 0 Å². The van der Waals surface area contributed by atoms with Crippen LogP contribution in [0.15, 0.2) is 6.07 Å². The zero-order valence-electron chi connectivity index (χ0n) is 9.05. The van der Waals surface area contributed by atoms with Crippen LogP contribution >= 0.6 is 22.9 Å². The van der Waals surface area contributed by atoms with Gasteiger partial charge in [-0.25, -0.2) is 0 Å². The van der Waals surface area contributed by atoms with Crippen LogP contribution < -0.4 is 0 Å². The van der Waals surface area contributed by atoms with Crippen molar-refractivity contribution in [3.05, 3.63) is 20.8 Å². The van der Waals surface area contributed by atoms with Crippen molar-refractivity contribution in [2.24, 2.45) is 11.8 Å². The Bertz CT molecular complexity index is 363. The van der Waals surface area contributed by atoms with Crippen LogP contribution in [0.1, 0.15) is 41.4 Å². The summed E-state index contributed by atoms with van der Waals surface area (Å²) < 4.78 is 0.754. The Morgan fingerprint density at radius 1 is 1.53 bits per heavy atom. The van der Waals surface area contributed by atoms with E-state index >= 15 is 0 Å². The Kier molecular flexibility index (Phi) is 3.17. The lowest BCUT2D eigenvalue weighted by Crippen LogP contribution is -2.15. The molecular formula is C12H15ClOS. The van der Waals surface area contributed by atoms with Crippen molar-refractivity contribution < 1.29 is 4.79 Å². The largest absolute Gasteiger partial charge is 0.293 e. The number of carbonyl (C=O) groups excluding carboxylic acids is 1. The van der Waals surface area contributed by atoms with Crippen molar-refractivity contribution in [3.8, 4) is 0 Å². The van der Waals surface area contributed by atoms with E-state index in [9.17, 15) is 4.79 Å². The second kappa shape index (κ2) is 4.26. The minimum atomic E-state index is 0.235. The topological polar surface area (TPSA) is 17.1 Å². The van der Waals surface area contributed by atoms with E-state index < -0.39 is 0 Å². The average Bonchev–Trinajstić information content (AvgIpc) is 2.74. The minimum Gasteiger partial charge on any atom is -0.293 e. The zero-order valence-corrected chi connectivity index (χ0v) is 10.6. The molecule has 0 spiro atoms. The molecule has 0 amide bonds. The first kappa shape index (κ1) is 11.2. The molecular weight excluding hydrogens is 228 g/mol. The van der Waals surface area contributed by atoms with Gasteiger partial charge in [0.2, 0.25) is 0 Å². The molecule has 0 radical (unpaired) electrons. The fourth-order valence-electron chi connectivity index (χ4n) is 2.30. The Balaban J connectivity index is 2.20. The number of hydrogen-bond donors (Lipinski definition) is 0. The third-order valence-corrected chi connectivity index (χ3v) is 4.87. The summed E-state index contributed by atoms with van der Waals surface area (Å²) in [5.41, 5.74) is 1.02. The summed E-state index contributed by atoms with van der Waals surface area (Å²) in [6.07, 6.45) is 3.43. The predicted molar refractivity (Wildman–Crippen MR) is 64.9 cm³/mol. The zero-order chi connectivity index (χ0) is 11.0. The quantitative estimate of drug-likeness (QED) is 0.706. The third-order valence-electron chi connectivity index (χ3n) is 3.30. The number of aryl methyl sites for hydroxylation is 1. The maximum atomic E-state index is 12.2. The van der Waals surface area contributed by atoms with Gasteiger partial charge in [-0.1, -0.05) is 24.9 Å². The van der Waals surface area contributed by atoms with Crippen LogP contribution in [0.25, 0.3) is 0 Å². The number of thiophene rings is 1. The molecule has 1 aliphatic carbocycles. The van der Waals surface area contributed by atoms with Gasteiger partial charge in [0.1, 0.15) is 0 Å². The van der Waals surface area contributed by atoms with E-state index in [0.29, 0.717) is 11.7 Å². The lowest BCUT2D eigenvalue weighted by Gasteiger charge is -2.11. The fraction of sp³-hybridized carbons (Fsp3) is 0.583. The van der Waals surface area contributed by atoms with Crippen molar-refractivity contribution in [1.29, 1.82) is 0 Å². The van der Waals surface area contributed by atoms with Crippen LogP contribution in [0.3, 0.4) is 0 Å². The molecule has 0 N–H and O–H groups in total. The Morgan fingerprint density at radius 2 is 2.27 bits per heavy atom. The molecule has 0 saturated heterocycles. The van der Waals surface area contributed by atoms with Crippen molar-refractivity contribution in [1.82, 2.24) is 0 Å². The van der Waals surface area contributed by atoms with Crippen LogP contribution in [-0.4, -0.2) is 5.78 Å². The van der Waals surface area contributed by atoms with Gasteiger partial charge in [-0.05, 0) is 37.3 Å². The van der Waals surface area contributed by atoms with E-state index in [0.717, 1.165) is 21.2 Å². The molecule has 1 nitrogen and oxygen atoms in total. The molecule has 82 valence electrons. The van der Waals surface area contributed by atoms with E-state index in [1.165, 1.54) is 24.2 Å². The monoisotopic (exact) mass is 242 g/mol. The lowest BCUT2D eigenvalue weighted by atomic mass is 9.93. The van der Waals surface area contributed by atoms with E-state index in [4.69, 9.17) is 11.6 Å². The van der Waals surface area contributed by atoms with Gasteiger partial charge in [0.25, 0.3) is 0 Å². The smallest absolute Gasteiger partial charge is 0.176 e. The number of Topliss-reactive ketones (excluding diaryl/α,β-unsaturated/α-hetero) is 1. The molecule has 1 heterocycles. The van der Waals surface area contributed by atoms with E-state index in [-0.39, 0.29) is 5.92 Å². The molecule has 1 aliphatic rings. The molecule has 1 aromatic rings. The standard InChI is InChI=1S/C12H15ClOS/c1-7-4-3-5-9(7)11(14)10-6-8(2)12(13)15-10/h6-7,9H,3-5H2,1-2H3. The normalized spacial score (nSPS) is 25.8. The second-order valence-corrected chi connectivity index (χ2v) is 6.10. The Morgan fingerprint density at radius 3 is 2.73 bits per heavy atom. The van der Waals surface area contributed by atoms with E-state index in [2.05, 4.69) is 6.92 Å². The minimum absolute atomic E-state index is 0.235. The average molecular weight is 243 g/mol. The van der Waals surface area contributed by atoms with Gasteiger partial charge in [0.05, 0.1) is 9.21 Å². The molecule has 15 heavy (non-hydrogen) atoms. The molecule has 2 unspecified atom stereocenters. The molecule has 1 aromatic heterocycles. The fourth-order valence-corrected chi connectivity index (χ4v) is 3.50. The molecule has 0 aromatic carbocycles. The Hall–Kier alpha value is -0.340. The first-order valence-corrected chi connectivity index (χ1v) is 6.59. The summed E-state index contributed by atoms with van der Waals surface area (Å²) >= 11 is 7.41. The molecule has 1 fully saturated rings. The summed E-state index contributed by atoms with van der Waals surface area (Å²) in [4.78, 5) is 13.0. The summed E-state index contributed by atoms with van der Waals surface area (Å²) in [5, 5.41) is 0. The molecule has 2 atom stereocenters.